The predicted octanol–water partition coefficient (Wildman–Crippen LogP) is 3.20. The second-order valence-corrected chi connectivity index (χ2v) is 6.22. The fourth-order valence-electron chi connectivity index (χ4n) is 2.50. The van der Waals surface area contributed by atoms with Crippen LogP contribution in [0.3, 0.4) is 0 Å². The van der Waals surface area contributed by atoms with Gasteiger partial charge in [-0.15, -0.1) is 0 Å². The van der Waals surface area contributed by atoms with Crippen LogP contribution in [0.1, 0.15) is 31.2 Å². The fourth-order valence-corrected chi connectivity index (χ4v) is 2.83. The molecule has 2 N–H and O–H groups in total. The molecule has 1 saturated carbocycles. The van der Waals surface area contributed by atoms with Crippen molar-refractivity contribution in [2.45, 2.75) is 38.2 Å². The van der Waals surface area contributed by atoms with Crippen LogP contribution in [0.4, 0.5) is 0 Å². The summed E-state index contributed by atoms with van der Waals surface area (Å²) < 4.78 is 0. The molecular weight excluding hydrogens is 297 g/mol. The second kappa shape index (κ2) is 7.30. The van der Waals surface area contributed by atoms with E-state index in [0.717, 1.165) is 31.2 Å². The molecule has 20 heavy (non-hydrogen) atoms. The van der Waals surface area contributed by atoms with Crippen LogP contribution in [-0.2, 0) is 11.2 Å². The van der Waals surface area contributed by atoms with Crippen LogP contribution in [-0.4, -0.2) is 23.7 Å². The molecule has 3 nitrogen and oxygen atoms in total. The number of hydrogen-bond acceptors (Lipinski definition) is 2. The summed E-state index contributed by atoms with van der Waals surface area (Å²) in [4.78, 5) is 11.9. The Morgan fingerprint density at radius 1 is 1.20 bits per heavy atom. The van der Waals surface area contributed by atoms with Gasteiger partial charge < -0.3 is 10.4 Å². The van der Waals surface area contributed by atoms with Gasteiger partial charge in [-0.3, -0.25) is 4.79 Å². The van der Waals surface area contributed by atoms with Crippen molar-refractivity contribution in [2.24, 2.45) is 5.92 Å². The monoisotopic (exact) mass is 315 g/mol. The lowest BCUT2D eigenvalue weighted by Crippen LogP contribution is -2.33. The van der Waals surface area contributed by atoms with Gasteiger partial charge in [0, 0.05) is 6.54 Å². The molecule has 5 heteroatoms. The minimum Gasteiger partial charge on any atom is -0.393 e. The molecule has 0 aromatic heterocycles. The van der Waals surface area contributed by atoms with E-state index in [1.54, 1.807) is 12.1 Å². The van der Waals surface area contributed by atoms with E-state index in [9.17, 15) is 9.90 Å². The Bertz CT molecular complexity index is 471. The number of hydrogen-bond donors (Lipinski definition) is 2. The summed E-state index contributed by atoms with van der Waals surface area (Å²) in [7, 11) is 0. The highest BCUT2D eigenvalue weighted by Gasteiger charge is 2.19. The zero-order valence-corrected chi connectivity index (χ0v) is 12.8. The average Bonchev–Trinajstić information content (AvgIpc) is 2.42. The van der Waals surface area contributed by atoms with Crippen molar-refractivity contribution in [3.63, 3.8) is 0 Å². The highest BCUT2D eigenvalue weighted by atomic mass is 35.5. The van der Waals surface area contributed by atoms with Gasteiger partial charge in [-0.1, -0.05) is 29.3 Å². The number of halogens is 2. The maximum atomic E-state index is 11.9. The maximum absolute atomic E-state index is 11.9. The predicted molar refractivity (Wildman–Crippen MR) is 81.1 cm³/mol. The first-order valence-corrected chi connectivity index (χ1v) is 7.69. The summed E-state index contributed by atoms with van der Waals surface area (Å²) in [5.41, 5.74) is 0.857. The SMILES string of the molecule is O=C(Cc1ccc(Cl)c(Cl)c1)NCC1CCC(O)CC1. The zero-order valence-electron chi connectivity index (χ0n) is 11.2. The van der Waals surface area contributed by atoms with Crippen molar-refractivity contribution < 1.29 is 9.90 Å². The molecule has 0 heterocycles. The summed E-state index contributed by atoms with van der Waals surface area (Å²) in [6.07, 6.45) is 3.80. The third-order valence-corrected chi connectivity index (χ3v) is 4.49. The number of aliphatic hydroxyl groups excluding tert-OH is 1. The lowest BCUT2D eigenvalue weighted by molar-refractivity contribution is -0.120. The van der Waals surface area contributed by atoms with E-state index in [4.69, 9.17) is 23.2 Å². The van der Waals surface area contributed by atoms with E-state index in [2.05, 4.69) is 5.32 Å². The summed E-state index contributed by atoms with van der Waals surface area (Å²) in [5, 5.41) is 13.4. The Morgan fingerprint density at radius 2 is 1.90 bits per heavy atom. The summed E-state index contributed by atoms with van der Waals surface area (Å²) in [5.74, 6) is 0.477. The normalized spacial score (nSPS) is 22.6. The molecule has 0 aliphatic heterocycles. The van der Waals surface area contributed by atoms with Crippen LogP contribution in [0.2, 0.25) is 10.0 Å². The smallest absolute Gasteiger partial charge is 0.224 e. The van der Waals surface area contributed by atoms with Gasteiger partial charge in [0.15, 0.2) is 0 Å². The molecule has 0 spiro atoms. The average molecular weight is 316 g/mol. The van der Waals surface area contributed by atoms with Crippen molar-refractivity contribution in [1.29, 1.82) is 0 Å². The third-order valence-electron chi connectivity index (χ3n) is 3.75. The minimum atomic E-state index is -0.154. The molecule has 1 amide bonds. The second-order valence-electron chi connectivity index (χ2n) is 5.40. The topological polar surface area (TPSA) is 49.3 Å². The van der Waals surface area contributed by atoms with Gasteiger partial charge in [-0.25, -0.2) is 0 Å². The van der Waals surface area contributed by atoms with E-state index in [0.29, 0.717) is 28.9 Å². The van der Waals surface area contributed by atoms with Crippen LogP contribution >= 0.6 is 23.2 Å². The Hall–Kier alpha value is -0.770. The number of nitrogens with one attached hydrogen (secondary N) is 1. The van der Waals surface area contributed by atoms with Gasteiger partial charge in [-0.2, -0.15) is 0 Å². The van der Waals surface area contributed by atoms with Crippen LogP contribution in [0, 0.1) is 5.92 Å². The van der Waals surface area contributed by atoms with E-state index < -0.39 is 0 Å². The van der Waals surface area contributed by atoms with Crippen LogP contribution in [0.15, 0.2) is 18.2 Å². The molecule has 1 aliphatic carbocycles. The molecule has 2 rings (SSSR count). The van der Waals surface area contributed by atoms with Gasteiger partial charge in [0.1, 0.15) is 0 Å². The quantitative estimate of drug-likeness (QED) is 0.896. The van der Waals surface area contributed by atoms with E-state index in [-0.39, 0.29) is 12.0 Å². The number of benzene rings is 1. The van der Waals surface area contributed by atoms with Crippen LogP contribution in [0.5, 0.6) is 0 Å². The number of amides is 1. The summed E-state index contributed by atoms with van der Waals surface area (Å²) in [6, 6.07) is 5.24. The molecular formula is C15H19Cl2NO2. The van der Waals surface area contributed by atoms with Crippen molar-refractivity contribution in [3.8, 4) is 0 Å². The molecule has 0 atom stereocenters. The molecule has 0 saturated heterocycles. The molecule has 1 aromatic carbocycles. The number of carbonyl (C=O) groups is 1. The Labute approximate surface area is 129 Å². The van der Waals surface area contributed by atoms with Gasteiger partial charge in [-0.05, 0) is 49.3 Å². The van der Waals surface area contributed by atoms with Gasteiger partial charge in [0.2, 0.25) is 5.91 Å². The first kappa shape index (κ1) is 15.6. The first-order chi connectivity index (χ1) is 9.54. The van der Waals surface area contributed by atoms with Crippen molar-refractivity contribution >= 4 is 29.1 Å². The molecule has 0 bridgehead atoms. The molecule has 1 aliphatic rings. The van der Waals surface area contributed by atoms with Crippen molar-refractivity contribution in [2.75, 3.05) is 6.54 Å². The van der Waals surface area contributed by atoms with E-state index in [1.165, 1.54) is 0 Å². The summed E-state index contributed by atoms with van der Waals surface area (Å²) in [6.45, 7) is 0.687. The number of rotatable bonds is 4. The van der Waals surface area contributed by atoms with E-state index >= 15 is 0 Å². The molecule has 0 radical (unpaired) electrons. The van der Waals surface area contributed by atoms with Crippen molar-refractivity contribution in [3.05, 3.63) is 33.8 Å². The third kappa shape index (κ3) is 4.65. The molecule has 110 valence electrons. The Balaban J connectivity index is 1.76. The standard InChI is InChI=1S/C15H19Cl2NO2/c16-13-6-3-11(7-14(13)17)8-15(20)18-9-10-1-4-12(19)5-2-10/h3,6-7,10,12,19H,1-2,4-5,8-9H2,(H,18,20). The molecule has 0 unspecified atom stereocenters. The lowest BCUT2D eigenvalue weighted by atomic mass is 9.87. The lowest BCUT2D eigenvalue weighted by Gasteiger charge is -2.25. The maximum Gasteiger partial charge on any atom is 0.224 e. The van der Waals surface area contributed by atoms with Crippen LogP contribution < -0.4 is 5.32 Å². The van der Waals surface area contributed by atoms with Gasteiger partial charge in [0.25, 0.3) is 0 Å². The molecule has 1 aromatic rings. The van der Waals surface area contributed by atoms with Gasteiger partial charge >= 0.3 is 0 Å². The number of carbonyl (C=O) groups excluding carboxylic acids is 1. The van der Waals surface area contributed by atoms with Crippen molar-refractivity contribution in [1.82, 2.24) is 5.32 Å². The summed E-state index contributed by atoms with van der Waals surface area (Å²) >= 11 is 11.8. The van der Waals surface area contributed by atoms with E-state index in [1.807, 2.05) is 6.07 Å². The highest BCUT2D eigenvalue weighted by Crippen LogP contribution is 2.24. The molecule has 1 fully saturated rings. The first-order valence-electron chi connectivity index (χ1n) is 6.93. The Kier molecular flexibility index (Phi) is 5.70. The fraction of sp³-hybridized carbons (Fsp3) is 0.533. The minimum absolute atomic E-state index is 0.00508. The highest BCUT2D eigenvalue weighted by molar-refractivity contribution is 6.42. The zero-order chi connectivity index (χ0) is 14.5. The van der Waals surface area contributed by atoms with Crippen LogP contribution in [0.25, 0.3) is 0 Å². The number of aliphatic hydroxyl groups is 1. The van der Waals surface area contributed by atoms with Gasteiger partial charge in [0.05, 0.1) is 22.6 Å². The largest absolute Gasteiger partial charge is 0.393 e. The Morgan fingerprint density at radius 3 is 2.55 bits per heavy atom.